The van der Waals surface area contributed by atoms with E-state index < -0.39 is 46.9 Å². The van der Waals surface area contributed by atoms with Gasteiger partial charge in [0.15, 0.2) is 0 Å². The minimum Gasteiger partial charge on any atom is -0.456 e. The molecule has 2 amide bonds. The molecular formula is C34H31F6N3O4S2. The molecular weight excluding hydrogens is 693 g/mol. The first kappa shape index (κ1) is 37.4. The molecule has 260 valence electrons. The summed E-state index contributed by atoms with van der Waals surface area (Å²) in [6.07, 6.45) is -8.73. The van der Waals surface area contributed by atoms with Crippen LogP contribution in [0.3, 0.4) is 0 Å². The van der Waals surface area contributed by atoms with Crippen LogP contribution in [0.1, 0.15) is 54.2 Å². The van der Waals surface area contributed by atoms with E-state index in [4.69, 9.17) is 17.0 Å². The highest BCUT2D eigenvalue weighted by atomic mass is 32.2. The normalized spacial score (nSPS) is 14.8. The highest BCUT2D eigenvalue weighted by Crippen LogP contribution is 2.41. The van der Waals surface area contributed by atoms with Gasteiger partial charge in [-0.2, -0.15) is 26.3 Å². The molecule has 0 unspecified atom stereocenters. The summed E-state index contributed by atoms with van der Waals surface area (Å²) in [6, 6.07) is 12.0. The second-order valence-electron chi connectivity index (χ2n) is 12.2. The average Bonchev–Trinajstić information content (AvgIpc) is 3.25. The Hall–Kier alpha value is -4.37. The third-order valence-corrected chi connectivity index (χ3v) is 8.32. The van der Waals surface area contributed by atoms with Crippen molar-refractivity contribution in [3.05, 3.63) is 87.8 Å². The molecule has 0 atom stereocenters. The first-order valence-corrected chi connectivity index (χ1v) is 15.8. The molecule has 49 heavy (non-hydrogen) atoms. The molecule has 15 heteroatoms. The highest BCUT2D eigenvalue weighted by molar-refractivity contribution is 8.26. The van der Waals surface area contributed by atoms with E-state index in [-0.39, 0.29) is 39.4 Å². The van der Waals surface area contributed by atoms with E-state index in [1.54, 1.807) is 58.0 Å². The molecule has 0 aliphatic carbocycles. The van der Waals surface area contributed by atoms with Crippen LogP contribution in [-0.2, 0) is 26.7 Å². The number of anilines is 2. The van der Waals surface area contributed by atoms with Crippen LogP contribution in [0.4, 0.5) is 37.7 Å². The molecule has 0 bridgehead atoms. The maximum atomic E-state index is 13.6. The van der Waals surface area contributed by atoms with Gasteiger partial charge in [-0.25, -0.2) is 4.79 Å². The number of thiocarbonyl (C=S) groups is 1. The van der Waals surface area contributed by atoms with Gasteiger partial charge in [0.2, 0.25) is 5.91 Å². The van der Waals surface area contributed by atoms with E-state index >= 15 is 0 Å². The first-order valence-electron chi connectivity index (χ1n) is 14.6. The van der Waals surface area contributed by atoms with Crippen LogP contribution in [-0.4, -0.2) is 53.2 Å². The molecule has 0 aromatic heterocycles. The average molecular weight is 724 g/mol. The van der Waals surface area contributed by atoms with E-state index in [9.17, 15) is 40.7 Å². The van der Waals surface area contributed by atoms with E-state index in [1.807, 2.05) is 0 Å². The molecule has 7 nitrogen and oxygen atoms in total. The van der Waals surface area contributed by atoms with Gasteiger partial charge in [-0.3, -0.25) is 14.5 Å². The Morgan fingerprint density at radius 3 is 2.04 bits per heavy atom. The van der Waals surface area contributed by atoms with Crippen molar-refractivity contribution >= 4 is 63.5 Å². The van der Waals surface area contributed by atoms with Crippen LogP contribution < -0.4 is 10.2 Å². The van der Waals surface area contributed by atoms with Crippen molar-refractivity contribution in [2.75, 3.05) is 30.9 Å². The Labute approximate surface area is 288 Å². The van der Waals surface area contributed by atoms with E-state index in [2.05, 4.69) is 5.32 Å². The minimum absolute atomic E-state index is 0.0564. The van der Waals surface area contributed by atoms with Crippen LogP contribution in [0.2, 0.25) is 0 Å². The van der Waals surface area contributed by atoms with Gasteiger partial charge in [0.25, 0.3) is 5.91 Å². The SMILES string of the molecule is CN(C)c1ccc(C=C2SC(=S)N(CCC(=O)Nc3ccc(C(=O)OC(C)(C)C)cc3)C2=O)cc1-c1cc(C(F)(F)F)cc(C(F)(F)F)c1. The second-order valence-corrected chi connectivity index (χ2v) is 13.9. The largest absolute Gasteiger partial charge is 0.456 e. The number of nitrogens with one attached hydrogen (secondary N) is 1. The third-order valence-electron chi connectivity index (χ3n) is 6.94. The number of carbonyl (C=O) groups excluding carboxylic acids is 3. The monoisotopic (exact) mass is 723 g/mol. The molecule has 1 aliphatic heterocycles. The fourth-order valence-electron chi connectivity index (χ4n) is 4.68. The summed E-state index contributed by atoms with van der Waals surface area (Å²) in [4.78, 5) is 41.0. The number of carbonyl (C=O) groups is 3. The Morgan fingerprint density at radius 2 is 1.51 bits per heavy atom. The number of amides is 2. The highest BCUT2D eigenvalue weighted by Gasteiger charge is 2.37. The summed E-state index contributed by atoms with van der Waals surface area (Å²) in [6.45, 7) is 5.18. The third kappa shape index (κ3) is 9.63. The Morgan fingerprint density at radius 1 is 0.918 bits per heavy atom. The number of rotatable bonds is 8. The van der Waals surface area contributed by atoms with Gasteiger partial charge in [-0.15, -0.1) is 0 Å². The zero-order valence-corrected chi connectivity index (χ0v) is 28.5. The number of esters is 1. The predicted molar refractivity (Wildman–Crippen MR) is 181 cm³/mol. The fourth-order valence-corrected chi connectivity index (χ4v) is 5.99. The van der Waals surface area contributed by atoms with Crippen molar-refractivity contribution < 1.29 is 45.5 Å². The van der Waals surface area contributed by atoms with Crippen LogP contribution >= 0.6 is 24.0 Å². The standard InChI is InChI=1S/C34H31F6N3O4S2/c1-32(2,3)47-30(46)20-7-9-24(10-8-20)41-28(44)12-13-43-29(45)27(49-31(43)48)15-19-6-11-26(42(4)5)25(14-19)21-16-22(33(35,36)37)18-23(17-21)34(38,39)40/h6-11,14-18H,12-13H2,1-5H3,(H,41,44). The smallest absolute Gasteiger partial charge is 0.416 e. The van der Waals surface area contributed by atoms with Gasteiger partial charge >= 0.3 is 18.3 Å². The molecule has 4 rings (SSSR count). The molecule has 0 saturated carbocycles. The number of ether oxygens (including phenoxy) is 1. The Balaban J connectivity index is 1.51. The quantitative estimate of drug-likeness (QED) is 0.108. The summed E-state index contributed by atoms with van der Waals surface area (Å²) < 4.78 is 87.1. The summed E-state index contributed by atoms with van der Waals surface area (Å²) in [5.41, 5.74) is -2.38. The molecule has 1 heterocycles. The first-order chi connectivity index (χ1) is 22.6. The Bertz CT molecular complexity index is 1780. The number of alkyl halides is 6. The lowest BCUT2D eigenvalue weighted by Crippen LogP contribution is -2.31. The van der Waals surface area contributed by atoms with Crippen molar-refractivity contribution in [3.63, 3.8) is 0 Å². The van der Waals surface area contributed by atoms with Crippen molar-refractivity contribution in [1.29, 1.82) is 0 Å². The van der Waals surface area contributed by atoms with Crippen molar-refractivity contribution in [2.24, 2.45) is 0 Å². The molecule has 1 aliphatic rings. The second kappa shape index (κ2) is 14.2. The zero-order valence-electron chi connectivity index (χ0n) is 26.9. The molecule has 1 saturated heterocycles. The number of hydrogen-bond donors (Lipinski definition) is 1. The lowest BCUT2D eigenvalue weighted by Gasteiger charge is -2.20. The van der Waals surface area contributed by atoms with Gasteiger partial charge in [0, 0.05) is 44.0 Å². The number of thioether (sulfide) groups is 1. The fraction of sp³-hybridized carbons (Fsp3) is 0.294. The molecule has 3 aromatic carbocycles. The summed E-state index contributed by atoms with van der Waals surface area (Å²) in [5, 5.41) is 2.69. The number of nitrogens with zero attached hydrogens (tertiary/aromatic N) is 2. The van der Waals surface area contributed by atoms with Gasteiger partial charge in [0.05, 0.1) is 21.6 Å². The van der Waals surface area contributed by atoms with E-state index in [0.29, 0.717) is 34.6 Å². The van der Waals surface area contributed by atoms with Crippen LogP contribution in [0.5, 0.6) is 0 Å². The lowest BCUT2D eigenvalue weighted by atomic mass is 9.95. The molecule has 1 fully saturated rings. The summed E-state index contributed by atoms with van der Waals surface area (Å²) >= 11 is 6.31. The minimum atomic E-state index is -5.02. The molecule has 1 N–H and O–H groups in total. The topological polar surface area (TPSA) is 78.9 Å². The van der Waals surface area contributed by atoms with Gasteiger partial charge in [-0.1, -0.05) is 30.0 Å². The van der Waals surface area contributed by atoms with E-state index in [1.165, 1.54) is 35.2 Å². The lowest BCUT2D eigenvalue weighted by molar-refractivity contribution is -0.143. The molecule has 3 aromatic rings. The number of hydrogen-bond acceptors (Lipinski definition) is 7. The maximum absolute atomic E-state index is 13.6. The van der Waals surface area contributed by atoms with Crippen molar-refractivity contribution in [2.45, 2.75) is 45.1 Å². The van der Waals surface area contributed by atoms with Crippen LogP contribution in [0.15, 0.2) is 65.6 Å². The van der Waals surface area contributed by atoms with Gasteiger partial charge in [0.1, 0.15) is 9.92 Å². The number of halogens is 6. The van der Waals surface area contributed by atoms with Crippen LogP contribution in [0.25, 0.3) is 17.2 Å². The summed E-state index contributed by atoms with van der Waals surface area (Å²) in [7, 11) is 3.19. The predicted octanol–water partition coefficient (Wildman–Crippen LogP) is 8.64. The van der Waals surface area contributed by atoms with E-state index in [0.717, 1.165) is 11.8 Å². The van der Waals surface area contributed by atoms with Gasteiger partial charge in [-0.05, 0) is 92.6 Å². The Kier molecular flexibility index (Phi) is 10.9. The van der Waals surface area contributed by atoms with Crippen molar-refractivity contribution in [1.82, 2.24) is 4.90 Å². The maximum Gasteiger partial charge on any atom is 0.416 e. The van der Waals surface area contributed by atoms with Crippen LogP contribution in [0, 0.1) is 0 Å². The zero-order chi connectivity index (χ0) is 36.5. The summed E-state index contributed by atoms with van der Waals surface area (Å²) in [5.74, 6) is -1.45. The van der Waals surface area contributed by atoms with Crippen molar-refractivity contribution in [3.8, 4) is 11.1 Å². The van der Waals surface area contributed by atoms with Gasteiger partial charge < -0.3 is 15.0 Å². The number of benzene rings is 3. The molecule has 0 radical (unpaired) electrons. The molecule has 0 spiro atoms.